The van der Waals surface area contributed by atoms with Crippen molar-refractivity contribution in [1.29, 1.82) is 0 Å². The molecule has 2 rings (SSSR count). The molecule has 1 aromatic heterocycles. The van der Waals surface area contributed by atoms with Gasteiger partial charge in [-0.3, -0.25) is 0 Å². The summed E-state index contributed by atoms with van der Waals surface area (Å²) in [6, 6.07) is 8.05. The summed E-state index contributed by atoms with van der Waals surface area (Å²) in [6.45, 7) is 0.118. The third-order valence-corrected chi connectivity index (χ3v) is 2.37. The van der Waals surface area contributed by atoms with E-state index in [2.05, 4.69) is 15.5 Å². The molecule has 0 unspecified atom stereocenters. The third kappa shape index (κ3) is 3.40. The molecule has 0 radical (unpaired) electrons. The van der Waals surface area contributed by atoms with Crippen LogP contribution < -0.4 is 5.32 Å². The van der Waals surface area contributed by atoms with Gasteiger partial charge in [0.1, 0.15) is 11.6 Å². The Labute approximate surface area is 106 Å². The van der Waals surface area contributed by atoms with Crippen LogP contribution in [0.1, 0.15) is 11.3 Å². The van der Waals surface area contributed by atoms with Crippen LogP contribution in [-0.2, 0) is 12.7 Å². The average molecular weight is 271 g/mol. The van der Waals surface area contributed by atoms with Crippen LogP contribution in [0.5, 0.6) is 0 Å². The molecule has 0 aliphatic heterocycles. The molecule has 0 aliphatic carbocycles. The average Bonchev–Trinajstić information content (AvgIpc) is 2.37. The monoisotopic (exact) mass is 271 g/mol. The van der Waals surface area contributed by atoms with Gasteiger partial charge in [-0.05, 0) is 18.2 Å². The molecule has 0 amide bonds. The minimum Gasteiger partial charge on any atom is -0.364 e. The van der Waals surface area contributed by atoms with Gasteiger partial charge in [-0.25, -0.2) is 4.39 Å². The van der Waals surface area contributed by atoms with Crippen molar-refractivity contribution in [3.05, 3.63) is 53.5 Å². The number of rotatable bonds is 3. The Morgan fingerprint density at radius 3 is 2.32 bits per heavy atom. The second-order valence-electron chi connectivity index (χ2n) is 3.75. The van der Waals surface area contributed by atoms with Gasteiger partial charge in [0.15, 0.2) is 5.69 Å². The first-order chi connectivity index (χ1) is 8.97. The molecule has 19 heavy (non-hydrogen) atoms. The lowest BCUT2D eigenvalue weighted by Crippen LogP contribution is -2.10. The number of aromatic nitrogens is 2. The predicted octanol–water partition coefficient (Wildman–Crippen LogP) is 3.25. The van der Waals surface area contributed by atoms with Crippen LogP contribution in [0.15, 0.2) is 36.4 Å². The van der Waals surface area contributed by atoms with Crippen LogP contribution in [0.4, 0.5) is 23.4 Å². The summed E-state index contributed by atoms with van der Waals surface area (Å²) < 4.78 is 50.0. The van der Waals surface area contributed by atoms with Crippen molar-refractivity contribution in [2.75, 3.05) is 5.32 Å². The fourth-order valence-corrected chi connectivity index (χ4v) is 1.41. The number of hydrogen-bond donors (Lipinski definition) is 1. The van der Waals surface area contributed by atoms with Crippen molar-refractivity contribution in [1.82, 2.24) is 10.2 Å². The lowest BCUT2D eigenvalue weighted by molar-refractivity contribution is -0.141. The molecule has 1 N–H and O–H groups in total. The van der Waals surface area contributed by atoms with Gasteiger partial charge >= 0.3 is 6.18 Å². The molecule has 0 saturated carbocycles. The van der Waals surface area contributed by atoms with E-state index < -0.39 is 17.7 Å². The zero-order valence-electron chi connectivity index (χ0n) is 9.58. The van der Waals surface area contributed by atoms with Crippen LogP contribution in [0.3, 0.4) is 0 Å². The molecule has 7 heteroatoms. The maximum absolute atomic E-state index is 13.3. The second-order valence-corrected chi connectivity index (χ2v) is 3.75. The van der Waals surface area contributed by atoms with Crippen molar-refractivity contribution in [2.24, 2.45) is 0 Å². The largest absolute Gasteiger partial charge is 0.435 e. The van der Waals surface area contributed by atoms with Crippen molar-refractivity contribution in [3.8, 4) is 0 Å². The standard InChI is InChI=1S/C12H9F4N3/c13-9-4-2-1-3-8(9)7-17-11-6-5-10(18-19-11)12(14,15)16/h1-6H,7H2,(H,17,19). The first kappa shape index (κ1) is 13.3. The highest BCUT2D eigenvalue weighted by atomic mass is 19.4. The molecule has 0 aliphatic rings. The molecular formula is C12H9F4N3. The first-order valence-corrected chi connectivity index (χ1v) is 5.35. The Bertz CT molecular complexity index is 552. The van der Waals surface area contributed by atoms with Crippen LogP contribution in [0.25, 0.3) is 0 Å². The van der Waals surface area contributed by atoms with Crippen molar-refractivity contribution in [3.63, 3.8) is 0 Å². The zero-order chi connectivity index (χ0) is 13.9. The molecule has 100 valence electrons. The van der Waals surface area contributed by atoms with Crippen LogP contribution in [0.2, 0.25) is 0 Å². The summed E-state index contributed by atoms with van der Waals surface area (Å²) in [5, 5.41) is 9.14. The van der Waals surface area contributed by atoms with Gasteiger partial charge in [0.2, 0.25) is 0 Å². The first-order valence-electron chi connectivity index (χ1n) is 5.35. The lowest BCUT2D eigenvalue weighted by Gasteiger charge is -2.08. The number of hydrogen-bond acceptors (Lipinski definition) is 3. The second kappa shape index (κ2) is 5.21. The third-order valence-electron chi connectivity index (χ3n) is 2.37. The summed E-state index contributed by atoms with van der Waals surface area (Å²) in [7, 11) is 0. The van der Waals surface area contributed by atoms with Crippen LogP contribution in [-0.4, -0.2) is 10.2 Å². The number of nitrogens with one attached hydrogen (secondary N) is 1. The molecule has 3 nitrogen and oxygen atoms in total. The summed E-state index contributed by atoms with van der Waals surface area (Å²) in [6.07, 6.45) is -4.52. The van der Waals surface area contributed by atoms with Crippen molar-refractivity contribution >= 4 is 5.82 Å². The lowest BCUT2D eigenvalue weighted by atomic mass is 10.2. The highest BCUT2D eigenvalue weighted by molar-refractivity contribution is 5.35. The number of alkyl halides is 3. The van der Waals surface area contributed by atoms with Gasteiger partial charge in [-0.2, -0.15) is 13.2 Å². The van der Waals surface area contributed by atoms with E-state index in [9.17, 15) is 17.6 Å². The summed E-state index contributed by atoms with van der Waals surface area (Å²) in [5.41, 5.74) is -0.673. The molecule has 0 atom stereocenters. The maximum atomic E-state index is 13.3. The topological polar surface area (TPSA) is 37.8 Å². The van der Waals surface area contributed by atoms with Crippen LogP contribution in [0, 0.1) is 5.82 Å². The molecule has 1 aromatic carbocycles. The molecular weight excluding hydrogens is 262 g/mol. The number of anilines is 1. The highest BCUT2D eigenvalue weighted by Gasteiger charge is 2.32. The van der Waals surface area contributed by atoms with Crippen molar-refractivity contribution in [2.45, 2.75) is 12.7 Å². The van der Waals surface area contributed by atoms with E-state index in [0.29, 0.717) is 5.56 Å². The molecule has 0 fully saturated rings. The van der Waals surface area contributed by atoms with E-state index in [1.807, 2.05) is 0 Å². The number of benzene rings is 1. The summed E-state index contributed by atoms with van der Waals surface area (Å²) in [5.74, 6) is -0.244. The van der Waals surface area contributed by atoms with E-state index in [1.54, 1.807) is 18.2 Å². The minimum atomic E-state index is -4.52. The smallest absolute Gasteiger partial charge is 0.364 e. The Hall–Kier alpha value is -2.18. The van der Waals surface area contributed by atoms with E-state index in [4.69, 9.17) is 0 Å². The minimum absolute atomic E-state index is 0.118. The zero-order valence-corrected chi connectivity index (χ0v) is 9.58. The summed E-state index contributed by atoms with van der Waals surface area (Å²) >= 11 is 0. The Morgan fingerprint density at radius 2 is 1.74 bits per heavy atom. The van der Waals surface area contributed by atoms with E-state index in [-0.39, 0.29) is 12.4 Å². The SMILES string of the molecule is Fc1ccccc1CNc1ccc(C(F)(F)F)nn1. The van der Waals surface area contributed by atoms with Gasteiger partial charge in [0.25, 0.3) is 0 Å². The van der Waals surface area contributed by atoms with Crippen molar-refractivity contribution < 1.29 is 17.6 Å². The Morgan fingerprint density at radius 1 is 1.00 bits per heavy atom. The molecule has 0 bridgehead atoms. The van der Waals surface area contributed by atoms with Crippen LogP contribution >= 0.6 is 0 Å². The predicted molar refractivity (Wildman–Crippen MR) is 60.8 cm³/mol. The van der Waals surface area contributed by atoms with Gasteiger partial charge in [0, 0.05) is 12.1 Å². The Kier molecular flexibility index (Phi) is 3.64. The highest BCUT2D eigenvalue weighted by Crippen LogP contribution is 2.27. The van der Waals surface area contributed by atoms with Gasteiger partial charge in [-0.1, -0.05) is 18.2 Å². The molecule has 1 heterocycles. The molecule has 0 saturated heterocycles. The maximum Gasteiger partial charge on any atom is 0.435 e. The van der Waals surface area contributed by atoms with E-state index >= 15 is 0 Å². The van der Waals surface area contributed by atoms with E-state index in [1.165, 1.54) is 6.07 Å². The fourth-order valence-electron chi connectivity index (χ4n) is 1.41. The molecule has 2 aromatic rings. The molecule has 0 spiro atoms. The number of halogens is 4. The van der Waals surface area contributed by atoms with Gasteiger partial charge in [-0.15, -0.1) is 10.2 Å². The van der Waals surface area contributed by atoms with Gasteiger partial charge in [0.05, 0.1) is 0 Å². The Balaban J connectivity index is 2.03. The van der Waals surface area contributed by atoms with E-state index in [0.717, 1.165) is 12.1 Å². The number of nitrogens with zero attached hydrogens (tertiary/aromatic N) is 2. The van der Waals surface area contributed by atoms with Gasteiger partial charge < -0.3 is 5.32 Å². The summed E-state index contributed by atoms with van der Waals surface area (Å²) in [4.78, 5) is 0. The normalized spacial score (nSPS) is 11.4. The quantitative estimate of drug-likeness (QED) is 0.871. The fraction of sp³-hybridized carbons (Fsp3) is 0.167.